The lowest BCUT2D eigenvalue weighted by Crippen LogP contribution is -2.34. The van der Waals surface area contributed by atoms with Gasteiger partial charge in [0.15, 0.2) is 5.82 Å². The molecule has 0 aliphatic carbocycles. The molecule has 0 bridgehead atoms. The quantitative estimate of drug-likeness (QED) is 0.712. The highest BCUT2D eigenvalue weighted by atomic mass is 16.5. The Morgan fingerprint density at radius 1 is 1.39 bits per heavy atom. The van der Waals surface area contributed by atoms with Crippen molar-refractivity contribution < 1.29 is 14.3 Å². The van der Waals surface area contributed by atoms with E-state index in [1.165, 1.54) is 11.8 Å². The Kier molecular flexibility index (Phi) is 4.64. The predicted octanol–water partition coefficient (Wildman–Crippen LogP) is -0.485. The van der Waals surface area contributed by atoms with Crippen molar-refractivity contribution in [1.82, 2.24) is 19.9 Å². The molecule has 1 aromatic heterocycles. The number of carbonyl (C=O) groups is 2. The van der Waals surface area contributed by atoms with Crippen molar-refractivity contribution in [3.05, 3.63) is 5.69 Å². The van der Waals surface area contributed by atoms with E-state index in [1.807, 2.05) is 13.8 Å². The van der Waals surface area contributed by atoms with E-state index in [4.69, 9.17) is 5.73 Å². The summed E-state index contributed by atoms with van der Waals surface area (Å²) >= 11 is 0. The van der Waals surface area contributed by atoms with Gasteiger partial charge in [-0.05, 0) is 13.8 Å². The summed E-state index contributed by atoms with van der Waals surface area (Å²) in [6.07, 6.45) is 0. The first-order chi connectivity index (χ1) is 8.54. The predicted molar refractivity (Wildman–Crippen MR) is 63.7 cm³/mol. The van der Waals surface area contributed by atoms with Crippen molar-refractivity contribution in [3.8, 4) is 0 Å². The molecule has 1 heterocycles. The van der Waals surface area contributed by atoms with Gasteiger partial charge in [0.05, 0.1) is 7.11 Å². The van der Waals surface area contributed by atoms with Gasteiger partial charge in [0.2, 0.25) is 11.6 Å². The number of nitrogens with zero attached hydrogens (tertiary/aromatic N) is 4. The lowest BCUT2D eigenvalue weighted by molar-refractivity contribution is -0.131. The van der Waals surface area contributed by atoms with Gasteiger partial charge in [-0.15, -0.1) is 5.10 Å². The maximum Gasteiger partial charge on any atom is 0.362 e. The monoisotopic (exact) mass is 255 g/mol. The van der Waals surface area contributed by atoms with Gasteiger partial charge < -0.3 is 15.4 Å². The topological polar surface area (TPSA) is 103 Å². The lowest BCUT2D eigenvalue weighted by Gasteiger charge is -2.18. The highest BCUT2D eigenvalue weighted by molar-refractivity contribution is 5.92. The average molecular weight is 255 g/mol. The SMILES string of the molecule is CCN(CC)C(=O)Cn1nnc(C(=O)OC)c1N. The van der Waals surface area contributed by atoms with E-state index in [0.717, 1.165) is 0 Å². The molecule has 1 aromatic rings. The van der Waals surface area contributed by atoms with Gasteiger partial charge in [0.25, 0.3) is 0 Å². The molecule has 0 atom stereocenters. The molecule has 2 N–H and O–H groups in total. The maximum atomic E-state index is 11.8. The second kappa shape index (κ2) is 5.99. The largest absolute Gasteiger partial charge is 0.464 e. The number of methoxy groups -OCH3 is 1. The van der Waals surface area contributed by atoms with Gasteiger partial charge in [0, 0.05) is 13.1 Å². The van der Waals surface area contributed by atoms with Gasteiger partial charge in [-0.1, -0.05) is 5.21 Å². The van der Waals surface area contributed by atoms with E-state index in [9.17, 15) is 9.59 Å². The molecule has 1 rings (SSSR count). The average Bonchev–Trinajstić information content (AvgIpc) is 2.72. The molecule has 1 amide bonds. The molecule has 0 unspecified atom stereocenters. The standard InChI is InChI=1S/C10H17N5O3/c1-4-14(5-2)7(16)6-15-9(11)8(12-13-15)10(17)18-3/h4-6,11H2,1-3H3. The zero-order chi connectivity index (χ0) is 13.7. The summed E-state index contributed by atoms with van der Waals surface area (Å²) in [4.78, 5) is 24.7. The number of hydrogen-bond acceptors (Lipinski definition) is 6. The van der Waals surface area contributed by atoms with Gasteiger partial charge in [-0.3, -0.25) is 4.79 Å². The van der Waals surface area contributed by atoms with Crippen LogP contribution in [0.1, 0.15) is 24.3 Å². The highest BCUT2D eigenvalue weighted by Gasteiger charge is 2.20. The van der Waals surface area contributed by atoms with Crippen molar-refractivity contribution >= 4 is 17.7 Å². The minimum Gasteiger partial charge on any atom is -0.464 e. The first kappa shape index (κ1) is 13.9. The van der Waals surface area contributed by atoms with Crippen LogP contribution in [0.4, 0.5) is 5.82 Å². The van der Waals surface area contributed by atoms with Gasteiger partial charge in [0.1, 0.15) is 6.54 Å². The van der Waals surface area contributed by atoms with Gasteiger partial charge >= 0.3 is 5.97 Å². The third kappa shape index (κ3) is 2.76. The van der Waals surface area contributed by atoms with Crippen molar-refractivity contribution in [2.24, 2.45) is 0 Å². The Morgan fingerprint density at radius 2 is 2.00 bits per heavy atom. The summed E-state index contributed by atoms with van der Waals surface area (Å²) in [6.45, 7) is 4.93. The molecule has 8 nitrogen and oxygen atoms in total. The van der Waals surface area contributed by atoms with Crippen LogP contribution in [0.25, 0.3) is 0 Å². The minimum absolute atomic E-state index is 0.0300. The van der Waals surface area contributed by atoms with Crippen molar-refractivity contribution in [2.75, 3.05) is 25.9 Å². The summed E-state index contributed by atoms with van der Waals surface area (Å²) in [5.41, 5.74) is 5.60. The molecule has 0 aliphatic heterocycles. The second-order valence-electron chi connectivity index (χ2n) is 3.54. The molecule has 8 heteroatoms. The van der Waals surface area contributed by atoms with Crippen LogP contribution in [0.3, 0.4) is 0 Å². The van der Waals surface area contributed by atoms with Crippen LogP contribution < -0.4 is 5.73 Å². The van der Waals surface area contributed by atoms with Crippen LogP contribution in [0.2, 0.25) is 0 Å². The van der Waals surface area contributed by atoms with E-state index in [0.29, 0.717) is 13.1 Å². The fourth-order valence-corrected chi connectivity index (χ4v) is 1.48. The van der Waals surface area contributed by atoms with Crippen LogP contribution >= 0.6 is 0 Å². The van der Waals surface area contributed by atoms with Crippen molar-refractivity contribution in [3.63, 3.8) is 0 Å². The van der Waals surface area contributed by atoms with Crippen LogP contribution in [0.5, 0.6) is 0 Å². The number of hydrogen-bond donors (Lipinski definition) is 1. The van der Waals surface area contributed by atoms with E-state index in [2.05, 4.69) is 15.0 Å². The number of anilines is 1. The van der Waals surface area contributed by atoms with E-state index >= 15 is 0 Å². The number of likely N-dealkylation sites (N-methyl/N-ethyl adjacent to an activating group) is 1. The summed E-state index contributed by atoms with van der Waals surface area (Å²) in [6, 6.07) is 0. The Morgan fingerprint density at radius 3 is 2.50 bits per heavy atom. The Balaban J connectivity index is 2.83. The minimum atomic E-state index is -0.672. The van der Waals surface area contributed by atoms with Crippen LogP contribution in [0.15, 0.2) is 0 Å². The maximum absolute atomic E-state index is 11.8. The van der Waals surface area contributed by atoms with Crippen molar-refractivity contribution in [1.29, 1.82) is 0 Å². The number of aromatic nitrogens is 3. The lowest BCUT2D eigenvalue weighted by atomic mass is 10.4. The van der Waals surface area contributed by atoms with Gasteiger partial charge in [-0.2, -0.15) is 0 Å². The van der Waals surface area contributed by atoms with E-state index in [-0.39, 0.29) is 24.0 Å². The van der Waals surface area contributed by atoms with Crippen LogP contribution in [-0.4, -0.2) is 52.0 Å². The number of ether oxygens (including phenoxy) is 1. The Labute approximate surface area is 105 Å². The number of nitrogen functional groups attached to an aromatic ring is 1. The molecule has 100 valence electrons. The number of amides is 1. The molecule has 0 radical (unpaired) electrons. The normalized spacial score (nSPS) is 10.2. The fraction of sp³-hybridized carbons (Fsp3) is 0.600. The number of carbonyl (C=O) groups excluding carboxylic acids is 2. The van der Waals surface area contributed by atoms with Gasteiger partial charge in [-0.25, -0.2) is 9.48 Å². The Bertz CT molecular complexity index is 439. The van der Waals surface area contributed by atoms with E-state index < -0.39 is 5.97 Å². The highest BCUT2D eigenvalue weighted by Crippen LogP contribution is 2.09. The molecule has 0 spiro atoms. The number of esters is 1. The molecule has 0 aromatic carbocycles. The molecule has 0 fully saturated rings. The van der Waals surface area contributed by atoms with Crippen LogP contribution in [-0.2, 0) is 16.1 Å². The number of rotatable bonds is 5. The first-order valence-corrected chi connectivity index (χ1v) is 5.60. The molecular formula is C10H17N5O3. The molecule has 0 saturated carbocycles. The summed E-state index contributed by atoms with van der Waals surface area (Å²) in [5.74, 6) is -0.774. The number of nitrogens with two attached hydrogens (primary N) is 1. The van der Waals surface area contributed by atoms with Crippen molar-refractivity contribution in [2.45, 2.75) is 20.4 Å². The van der Waals surface area contributed by atoms with E-state index in [1.54, 1.807) is 4.90 Å². The summed E-state index contributed by atoms with van der Waals surface area (Å²) < 4.78 is 5.68. The van der Waals surface area contributed by atoms with Crippen LogP contribution in [0, 0.1) is 0 Å². The zero-order valence-corrected chi connectivity index (χ0v) is 10.7. The third-order valence-electron chi connectivity index (χ3n) is 2.55. The molecule has 0 aliphatic rings. The Hall–Kier alpha value is -2.12. The zero-order valence-electron chi connectivity index (χ0n) is 10.7. The summed E-state index contributed by atoms with van der Waals surface area (Å²) in [5, 5.41) is 7.26. The fourth-order valence-electron chi connectivity index (χ4n) is 1.48. The molecular weight excluding hydrogens is 238 g/mol. The molecule has 0 saturated heterocycles. The smallest absolute Gasteiger partial charge is 0.362 e. The third-order valence-corrected chi connectivity index (χ3v) is 2.55. The summed E-state index contributed by atoms with van der Waals surface area (Å²) in [7, 11) is 1.22. The first-order valence-electron chi connectivity index (χ1n) is 5.60. The molecule has 18 heavy (non-hydrogen) atoms. The second-order valence-corrected chi connectivity index (χ2v) is 3.54.